The topological polar surface area (TPSA) is 130 Å². The maximum atomic E-state index is 12.1. The number of anilines is 2. The summed E-state index contributed by atoms with van der Waals surface area (Å²) in [6.45, 7) is 6.86. The van der Waals surface area contributed by atoms with Crippen molar-refractivity contribution in [1.29, 1.82) is 0 Å². The number of benzene rings is 1. The molecule has 0 aliphatic rings. The van der Waals surface area contributed by atoms with Crippen LogP contribution in [0.15, 0.2) is 38.9 Å². The van der Waals surface area contributed by atoms with Crippen molar-refractivity contribution in [2.45, 2.75) is 30.3 Å². The third-order valence-electron chi connectivity index (χ3n) is 3.57. The molecule has 0 saturated carbocycles. The van der Waals surface area contributed by atoms with E-state index >= 15 is 0 Å². The number of hydrazone groups is 1. The average molecular weight is 493 g/mol. The normalized spacial score (nSPS) is 11.2. The standard InChI is InChI=1S/C19H24N8O2S3/c1-4-29-14-7-5-13(6-8-14)9-20-23-16-22-17(25-24-16)30-11-15(28)21-18-26-27-19(32-18)31-10-12(2)3/h5-9,12H,4,10-11H2,1-3H3,(H,21,26,28)(H2,22,23,24,25)/b20-9+. The van der Waals surface area contributed by atoms with E-state index in [1.54, 1.807) is 18.0 Å². The van der Waals surface area contributed by atoms with Crippen LogP contribution in [0.25, 0.3) is 0 Å². The van der Waals surface area contributed by atoms with E-state index in [9.17, 15) is 4.79 Å². The second kappa shape index (κ2) is 12.4. The maximum Gasteiger partial charge on any atom is 0.240 e. The molecule has 0 unspecified atom stereocenters. The minimum atomic E-state index is -0.195. The van der Waals surface area contributed by atoms with E-state index in [1.807, 2.05) is 31.2 Å². The molecule has 0 atom stereocenters. The monoisotopic (exact) mass is 492 g/mol. The van der Waals surface area contributed by atoms with Crippen molar-refractivity contribution >= 4 is 58.1 Å². The number of aromatic amines is 1. The Kier molecular flexibility index (Phi) is 9.31. The number of amides is 1. The predicted molar refractivity (Wildman–Crippen MR) is 130 cm³/mol. The lowest BCUT2D eigenvalue weighted by Crippen LogP contribution is -2.13. The molecule has 2 heterocycles. The third-order valence-corrected chi connectivity index (χ3v) is 6.81. The minimum Gasteiger partial charge on any atom is -0.494 e. The van der Waals surface area contributed by atoms with Gasteiger partial charge in [-0.25, -0.2) is 10.5 Å². The summed E-state index contributed by atoms with van der Waals surface area (Å²) in [6, 6.07) is 7.57. The molecule has 0 spiro atoms. The van der Waals surface area contributed by atoms with E-state index in [4.69, 9.17) is 4.74 Å². The molecule has 1 aromatic carbocycles. The highest BCUT2D eigenvalue weighted by Crippen LogP contribution is 2.27. The van der Waals surface area contributed by atoms with Crippen molar-refractivity contribution in [1.82, 2.24) is 25.4 Å². The van der Waals surface area contributed by atoms with E-state index in [0.29, 0.717) is 28.8 Å². The number of hydrogen-bond donors (Lipinski definition) is 3. The molecule has 2 aromatic heterocycles. The first kappa shape index (κ1) is 24.0. The Labute approximate surface area is 198 Å². The first-order valence-electron chi connectivity index (χ1n) is 9.85. The Balaban J connectivity index is 1.40. The quantitative estimate of drug-likeness (QED) is 0.149. The highest BCUT2D eigenvalue weighted by Gasteiger charge is 2.11. The van der Waals surface area contributed by atoms with Gasteiger partial charge >= 0.3 is 0 Å². The molecule has 170 valence electrons. The summed E-state index contributed by atoms with van der Waals surface area (Å²) in [4.78, 5) is 16.4. The van der Waals surface area contributed by atoms with Crippen molar-refractivity contribution in [3.8, 4) is 5.75 Å². The number of thioether (sulfide) groups is 2. The van der Waals surface area contributed by atoms with E-state index < -0.39 is 0 Å². The molecule has 0 saturated heterocycles. The number of ether oxygens (including phenoxy) is 1. The van der Waals surface area contributed by atoms with Gasteiger partial charge in [0.15, 0.2) is 4.34 Å². The predicted octanol–water partition coefficient (Wildman–Crippen LogP) is 3.98. The van der Waals surface area contributed by atoms with Gasteiger partial charge < -0.3 is 4.74 Å². The van der Waals surface area contributed by atoms with Crippen LogP contribution in [0.2, 0.25) is 0 Å². The fourth-order valence-corrected chi connectivity index (χ4v) is 4.53. The summed E-state index contributed by atoms with van der Waals surface area (Å²) in [5.41, 5.74) is 3.69. The summed E-state index contributed by atoms with van der Waals surface area (Å²) in [5.74, 6) is 2.68. The zero-order valence-electron chi connectivity index (χ0n) is 17.9. The Morgan fingerprint density at radius 1 is 1.28 bits per heavy atom. The Hall–Kier alpha value is -2.64. The van der Waals surface area contributed by atoms with Crippen LogP contribution < -0.4 is 15.5 Å². The first-order chi connectivity index (χ1) is 15.5. The number of rotatable bonds is 12. The molecule has 3 aromatic rings. The molecule has 3 N–H and O–H groups in total. The molecule has 3 rings (SSSR count). The number of aromatic nitrogens is 5. The number of nitrogens with zero attached hydrogens (tertiary/aromatic N) is 5. The molecule has 32 heavy (non-hydrogen) atoms. The summed E-state index contributed by atoms with van der Waals surface area (Å²) in [7, 11) is 0. The van der Waals surface area contributed by atoms with Crippen molar-refractivity contribution < 1.29 is 9.53 Å². The van der Waals surface area contributed by atoms with Crippen LogP contribution in [0.3, 0.4) is 0 Å². The largest absolute Gasteiger partial charge is 0.494 e. The van der Waals surface area contributed by atoms with Crippen molar-refractivity contribution in [2.75, 3.05) is 28.9 Å². The van der Waals surface area contributed by atoms with Gasteiger partial charge in [-0.05, 0) is 42.7 Å². The lowest BCUT2D eigenvalue weighted by molar-refractivity contribution is -0.113. The molecule has 1 amide bonds. The van der Waals surface area contributed by atoms with Crippen LogP contribution in [-0.4, -0.2) is 55.6 Å². The van der Waals surface area contributed by atoms with Gasteiger partial charge in [0.25, 0.3) is 0 Å². The number of carbonyl (C=O) groups excluding carboxylic acids is 1. The number of hydrogen-bond acceptors (Lipinski definition) is 11. The van der Waals surface area contributed by atoms with Gasteiger partial charge in [0.05, 0.1) is 18.6 Å². The summed E-state index contributed by atoms with van der Waals surface area (Å²) in [5, 5.41) is 22.7. The SMILES string of the molecule is CCOc1ccc(/C=N/Nc2nc(SCC(=O)Nc3nnc(SCC(C)C)s3)n[nH]2)cc1. The third kappa shape index (κ3) is 8.13. The first-order valence-corrected chi connectivity index (χ1v) is 12.6. The van der Waals surface area contributed by atoms with Gasteiger partial charge in [0.1, 0.15) is 5.75 Å². The average Bonchev–Trinajstić information content (AvgIpc) is 3.41. The van der Waals surface area contributed by atoms with Crippen LogP contribution in [0.4, 0.5) is 11.1 Å². The van der Waals surface area contributed by atoms with Crippen LogP contribution in [-0.2, 0) is 4.79 Å². The highest BCUT2D eigenvalue weighted by atomic mass is 32.2. The Morgan fingerprint density at radius 2 is 2.09 bits per heavy atom. The van der Waals surface area contributed by atoms with E-state index in [0.717, 1.165) is 21.4 Å². The van der Waals surface area contributed by atoms with Gasteiger partial charge in [-0.3, -0.25) is 10.1 Å². The zero-order chi connectivity index (χ0) is 22.8. The van der Waals surface area contributed by atoms with Crippen molar-refractivity contribution in [3.63, 3.8) is 0 Å². The van der Waals surface area contributed by atoms with Crippen LogP contribution >= 0.6 is 34.9 Å². The summed E-state index contributed by atoms with van der Waals surface area (Å²) >= 11 is 4.21. The molecule has 0 radical (unpaired) electrons. The second-order valence-electron chi connectivity index (χ2n) is 6.75. The Bertz CT molecular complexity index is 1020. The lowest BCUT2D eigenvalue weighted by atomic mass is 10.2. The smallest absolute Gasteiger partial charge is 0.240 e. The van der Waals surface area contributed by atoms with Gasteiger partial charge in [0.2, 0.25) is 22.1 Å². The maximum absolute atomic E-state index is 12.1. The molecular weight excluding hydrogens is 468 g/mol. The van der Waals surface area contributed by atoms with Gasteiger partial charge in [-0.2, -0.15) is 10.1 Å². The van der Waals surface area contributed by atoms with Crippen LogP contribution in [0, 0.1) is 5.92 Å². The molecular formula is C19H24N8O2S3. The molecule has 0 aliphatic heterocycles. The minimum absolute atomic E-state index is 0.154. The number of nitrogens with one attached hydrogen (secondary N) is 3. The molecule has 10 nitrogen and oxygen atoms in total. The zero-order valence-corrected chi connectivity index (χ0v) is 20.3. The number of carbonyl (C=O) groups is 1. The fourth-order valence-electron chi connectivity index (χ4n) is 2.19. The molecule has 0 fully saturated rings. The highest BCUT2D eigenvalue weighted by molar-refractivity contribution is 8.01. The van der Waals surface area contributed by atoms with Gasteiger partial charge in [0, 0.05) is 5.75 Å². The fraction of sp³-hybridized carbons (Fsp3) is 0.368. The van der Waals surface area contributed by atoms with Gasteiger partial charge in [-0.1, -0.05) is 48.7 Å². The second-order valence-corrected chi connectivity index (χ2v) is 9.94. The number of H-pyrrole nitrogens is 1. The van der Waals surface area contributed by atoms with Crippen LogP contribution in [0.1, 0.15) is 26.3 Å². The molecule has 13 heteroatoms. The molecule has 0 bridgehead atoms. The van der Waals surface area contributed by atoms with Crippen LogP contribution in [0.5, 0.6) is 5.75 Å². The van der Waals surface area contributed by atoms with E-state index in [1.165, 1.54) is 23.1 Å². The lowest BCUT2D eigenvalue weighted by Gasteiger charge is -2.01. The van der Waals surface area contributed by atoms with Crippen molar-refractivity contribution in [2.24, 2.45) is 11.0 Å². The van der Waals surface area contributed by atoms with Gasteiger partial charge in [-0.15, -0.1) is 15.3 Å². The Morgan fingerprint density at radius 3 is 2.84 bits per heavy atom. The van der Waals surface area contributed by atoms with Crippen molar-refractivity contribution in [3.05, 3.63) is 29.8 Å². The summed E-state index contributed by atoms with van der Waals surface area (Å²) < 4.78 is 6.25. The van der Waals surface area contributed by atoms with E-state index in [-0.39, 0.29) is 11.7 Å². The summed E-state index contributed by atoms with van der Waals surface area (Å²) in [6.07, 6.45) is 1.66. The molecule has 0 aliphatic carbocycles. The van der Waals surface area contributed by atoms with E-state index in [2.05, 4.69) is 55.1 Å².